The third-order valence-corrected chi connectivity index (χ3v) is 7.39. The number of nitrogens with zero attached hydrogens (tertiary/aromatic N) is 3. The van der Waals surface area contributed by atoms with Crippen molar-refractivity contribution in [3.05, 3.63) is 64.6 Å². The maximum Gasteiger partial charge on any atom is 0.343 e. The lowest BCUT2D eigenvalue weighted by Crippen LogP contribution is -2.39. The van der Waals surface area contributed by atoms with Gasteiger partial charge in [-0.1, -0.05) is 24.3 Å². The van der Waals surface area contributed by atoms with E-state index in [1.165, 1.54) is 16.7 Å². The van der Waals surface area contributed by atoms with Gasteiger partial charge >= 0.3 is 5.69 Å². The van der Waals surface area contributed by atoms with E-state index in [-0.39, 0.29) is 22.9 Å². The van der Waals surface area contributed by atoms with E-state index in [1.54, 1.807) is 43.3 Å². The molecule has 0 bridgehead atoms. The molecule has 3 aromatic rings. The fourth-order valence-corrected chi connectivity index (χ4v) is 5.51. The van der Waals surface area contributed by atoms with Crippen molar-refractivity contribution in [2.75, 3.05) is 39.4 Å². The van der Waals surface area contributed by atoms with Gasteiger partial charge in [0.05, 0.1) is 29.1 Å². The smallest absolute Gasteiger partial charge is 0.343 e. The van der Waals surface area contributed by atoms with E-state index >= 15 is 0 Å². The van der Waals surface area contributed by atoms with Gasteiger partial charge in [-0.25, -0.2) is 13.2 Å². The number of hydrogen-bond acceptors (Lipinski definition) is 6. The Morgan fingerprint density at radius 2 is 1.79 bits per heavy atom. The van der Waals surface area contributed by atoms with Crippen molar-refractivity contribution >= 4 is 27.0 Å². The number of amides is 1. The molecule has 0 aliphatic carbocycles. The van der Waals surface area contributed by atoms with Crippen LogP contribution < -0.4 is 11.0 Å². The van der Waals surface area contributed by atoms with Gasteiger partial charge in [-0.15, -0.1) is 0 Å². The van der Waals surface area contributed by atoms with E-state index in [0.29, 0.717) is 12.1 Å². The molecule has 1 aliphatic rings. The number of aromatic nitrogens is 2. The predicted molar refractivity (Wildman–Crippen MR) is 125 cm³/mol. The van der Waals surface area contributed by atoms with Crippen LogP contribution in [0.4, 0.5) is 0 Å². The highest BCUT2D eigenvalue weighted by molar-refractivity contribution is 7.90. The van der Waals surface area contributed by atoms with Gasteiger partial charge in [-0.2, -0.15) is 3.97 Å². The van der Waals surface area contributed by atoms with Crippen molar-refractivity contribution in [1.29, 1.82) is 0 Å². The van der Waals surface area contributed by atoms with Crippen LogP contribution in [-0.4, -0.2) is 67.2 Å². The summed E-state index contributed by atoms with van der Waals surface area (Å²) in [6.07, 6.45) is 0.782. The van der Waals surface area contributed by atoms with Crippen molar-refractivity contribution in [1.82, 2.24) is 18.8 Å². The minimum atomic E-state index is -4.13. The Morgan fingerprint density at radius 1 is 1.06 bits per heavy atom. The number of aryl methyl sites for hydroxylation is 1. The predicted octanol–water partition coefficient (Wildman–Crippen LogP) is 1.19. The van der Waals surface area contributed by atoms with E-state index in [4.69, 9.17) is 4.74 Å². The zero-order valence-electron chi connectivity index (χ0n) is 18.6. The van der Waals surface area contributed by atoms with Crippen LogP contribution in [0.25, 0.3) is 11.0 Å². The molecular weight excluding hydrogens is 444 g/mol. The van der Waals surface area contributed by atoms with Crippen LogP contribution in [0.15, 0.2) is 58.2 Å². The normalized spacial score (nSPS) is 15.1. The Labute approximate surface area is 192 Å². The zero-order valence-corrected chi connectivity index (χ0v) is 19.4. The van der Waals surface area contributed by atoms with E-state index in [1.807, 2.05) is 0 Å². The summed E-state index contributed by atoms with van der Waals surface area (Å²) in [5.41, 5.74) is 0.636. The van der Waals surface area contributed by atoms with Crippen LogP contribution in [-0.2, 0) is 26.1 Å². The first-order valence-corrected chi connectivity index (χ1v) is 12.4. The van der Waals surface area contributed by atoms with Gasteiger partial charge in [-0.05, 0) is 49.7 Å². The van der Waals surface area contributed by atoms with Crippen molar-refractivity contribution in [2.45, 2.75) is 24.8 Å². The van der Waals surface area contributed by atoms with Gasteiger partial charge in [0.1, 0.15) is 6.54 Å². The average molecular weight is 473 g/mol. The second kappa shape index (κ2) is 9.90. The molecule has 1 saturated heterocycles. The SMILES string of the molecule is Cc1cccc(S(=O)(=O)n2c(=O)n(CC(=O)NCCCN3CCOCC3)c3ccccc32)c1. The Hall–Kier alpha value is -2.95. The number of carbonyl (C=O) groups is 1. The van der Waals surface area contributed by atoms with E-state index in [2.05, 4.69) is 10.2 Å². The van der Waals surface area contributed by atoms with E-state index in [9.17, 15) is 18.0 Å². The first kappa shape index (κ1) is 23.2. The summed E-state index contributed by atoms with van der Waals surface area (Å²) in [5.74, 6) is -0.338. The molecule has 2 heterocycles. The average Bonchev–Trinajstić information content (AvgIpc) is 3.09. The Balaban J connectivity index is 1.53. The maximum atomic E-state index is 13.3. The number of ether oxygens (including phenoxy) is 1. The zero-order chi connectivity index (χ0) is 23.4. The summed E-state index contributed by atoms with van der Waals surface area (Å²) >= 11 is 0. The third kappa shape index (κ3) is 5.02. The highest BCUT2D eigenvalue weighted by atomic mass is 32.2. The lowest BCUT2D eigenvalue weighted by molar-refractivity contribution is -0.121. The topological polar surface area (TPSA) is 103 Å². The van der Waals surface area contributed by atoms with Crippen LogP contribution in [0.1, 0.15) is 12.0 Å². The van der Waals surface area contributed by atoms with Crippen LogP contribution in [0.5, 0.6) is 0 Å². The number of para-hydroxylation sites is 2. The number of morpholine rings is 1. The Morgan fingerprint density at radius 3 is 2.52 bits per heavy atom. The number of carbonyl (C=O) groups excluding carboxylic acids is 1. The first-order valence-electron chi connectivity index (χ1n) is 11.0. The van der Waals surface area contributed by atoms with Gasteiger partial charge in [0.25, 0.3) is 10.0 Å². The van der Waals surface area contributed by atoms with E-state index < -0.39 is 15.7 Å². The molecule has 1 N–H and O–H groups in total. The molecule has 0 radical (unpaired) electrons. The number of rotatable bonds is 8. The summed E-state index contributed by atoms with van der Waals surface area (Å²) < 4.78 is 34.0. The Kier molecular flexibility index (Phi) is 6.96. The summed E-state index contributed by atoms with van der Waals surface area (Å²) in [6.45, 7) is 6.09. The molecule has 2 aromatic carbocycles. The number of fused-ring (bicyclic) bond motifs is 1. The lowest BCUT2D eigenvalue weighted by atomic mass is 10.2. The van der Waals surface area contributed by atoms with Gasteiger partial charge in [0.15, 0.2) is 0 Å². The van der Waals surface area contributed by atoms with Crippen LogP contribution in [0.2, 0.25) is 0 Å². The molecule has 1 amide bonds. The minimum Gasteiger partial charge on any atom is -0.379 e. The first-order chi connectivity index (χ1) is 15.9. The standard InChI is InChI=1S/C23H28N4O5S/c1-18-6-4-7-19(16-18)33(30,31)27-21-9-3-2-8-20(21)26(23(27)29)17-22(28)24-10-5-11-25-12-14-32-15-13-25/h2-4,6-9,16H,5,10-15,17H2,1H3,(H,24,28). The molecule has 0 unspecified atom stereocenters. The minimum absolute atomic E-state index is 0.0278. The van der Waals surface area contributed by atoms with Crippen LogP contribution in [0.3, 0.4) is 0 Å². The highest BCUT2D eigenvalue weighted by Crippen LogP contribution is 2.20. The van der Waals surface area contributed by atoms with Gasteiger partial charge in [-0.3, -0.25) is 14.3 Å². The van der Waals surface area contributed by atoms with Gasteiger partial charge in [0.2, 0.25) is 5.91 Å². The second-order valence-electron chi connectivity index (χ2n) is 8.10. The molecule has 9 nitrogen and oxygen atoms in total. The van der Waals surface area contributed by atoms with Crippen molar-refractivity contribution < 1.29 is 17.9 Å². The molecular formula is C23H28N4O5S. The van der Waals surface area contributed by atoms with Crippen molar-refractivity contribution in [3.8, 4) is 0 Å². The number of hydrogen-bond donors (Lipinski definition) is 1. The summed E-state index contributed by atoms with van der Waals surface area (Å²) in [7, 11) is -4.13. The van der Waals surface area contributed by atoms with Crippen molar-refractivity contribution in [2.24, 2.45) is 0 Å². The van der Waals surface area contributed by atoms with Gasteiger partial charge in [0, 0.05) is 19.6 Å². The monoisotopic (exact) mass is 472 g/mol. The molecule has 1 fully saturated rings. The fraction of sp³-hybridized carbons (Fsp3) is 0.391. The summed E-state index contributed by atoms with van der Waals surface area (Å²) in [5, 5.41) is 2.83. The molecule has 4 rings (SSSR count). The molecule has 33 heavy (non-hydrogen) atoms. The second-order valence-corrected chi connectivity index (χ2v) is 9.89. The van der Waals surface area contributed by atoms with E-state index in [0.717, 1.165) is 48.8 Å². The molecule has 10 heteroatoms. The van der Waals surface area contributed by atoms with Gasteiger partial charge < -0.3 is 10.1 Å². The highest BCUT2D eigenvalue weighted by Gasteiger charge is 2.26. The van der Waals surface area contributed by atoms with Crippen molar-refractivity contribution in [3.63, 3.8) is 0 Å². The quantitative estimate of drug-likeness (QED) is 0.494. The number of nitrogens with one attached hydrogen (secondary N) is 1. The van der Waals surface area contributed by atoms with Crippen LogP contribution >= 0.6 is 0 Å². The molecule has 0 atom stereocenters. The Bertz CT molecular complexity index is 1310. The summed E-state index contributed by atoms with van der Waals surface area (Å²) in [6, 6.07) is 13.0. The fourth-order valence-electron chi connectivity index (χ4n) is 4.00. The molecule has 0 saturated carbocycles. The number of imidazole rings is 1. The molecule has 0 spiro atoms. The molecule has 1 aliphatic heterocycles. The largest absolute Gasteiger partial charge is 0.379 e. The maximum absolute atomic E-state index is 13.3. The molecule has 1 aromatic heterocycles. The third-order valence-electron chi connectivity index (χ3n) is 5.70. The summed E-state index contributed by atoms with van der Waals surface area (Å²) in [4.78, 5) is 28.1. The molecule has 176 valence electrons. The number of benzene rings is 2. The lowest BCUT2D eigenvalue weighted by Gasteiger charge is -2.26. The van der Waals surface area contributed by atoms with Crippen LogP contribution in [0, 0.1) is 6.92 Å².